The van der Waals surface area contributed by atoms with Gasteiger partial charge in [-0.15, -0.1) is 0 Å². The zero-order valence-corrected chi connectivity index (χ0v) is 11.5. The third kappa shape index (κ3) is 3.65. The average molecular weight is 288 g/mol. The van der Waals surface area contributed by atoms with Gasteiger partial charge in [0.2, 0.25) is 0 Å². The Hall–Kier alpha value is -1.17. The van der Waals surface area contributed by atoms with E-state index in [1.807, 2.05) is 0 Å². The number of benzene rings is 1. The molecular weight excluding hydrogens is 273 g/mol. The van der Waals surface area contributed by atoms with Crippen molar-refractivity contribution in [3.8, 4) is 0 Å². The van der Waals surface area contributed by atoms with Gasteiger partial charge in [0.05, 0.1) is 12.1 Å². The van der Waals surface area contributed by atoms with Crippen LogP contribution in [0.25, 0.3) is 0 Å². The first-order valence-electron chi connectivity index (χ1n) is 6.01. The molecule has 0 aromatic heterocycles. The molecule has 0 aliphatic carbocycles. The van der Waals surface area contributed by atoms with Crippen LogP contribution >= 0.6 is 11.8 Å². The summed E-state index contributed by atoms with van der Waals surface area (Å²) in [6.07, 6.45) is -4.32. The Kier molecular flexibility index (Phi) is 4.08. The van der Waals surface area contributed by atoms with Gasteiger partial charge in [-0.1, -0.05) is 31.7 Å². The highest BCUT2D eigenvalue weighted by molar-refractivity contribution is 8.15. The van der Waals surface area contributed by atoms with Crippen LogP contribution in [-0.4, -0.2) is 17.0 Å². The lowest BCUT2D eigenvalue weighted by molar-refractivity contribution is -0.137. The van der Waals surface area contributed by atoms with E-state index >= 15 is 0 Å². The van der Waals surface area contributed by atoms with Crippen LogP contribution in [0.5, 0.6) is 0 Å². The second kappa shape index (κ2) is 5.45. The van der Waals surface area contributed by atoms with Gasteiger partial charge in [-0.2, -0.15) is 13.2 Å². The first-order valence-corrected chi connectivity index (χ1v) is 6.89. The van der Waals surface area contributed by atoms with E-state index in [0.717, 1.165) is 12.1 Å². The Labute approximate surface area is 114 Å². The predicted molar refractivity (Wildman–Crippen MR) is 73.6 cm³/mol. The van der Waals surface area contributed by atoms with Crippen molar-refractivity contribution < 1.29 is 13.2 Å². The van der Waals surface area contributed by atoms with Crippen LogP contribution in [0.1, 0.15) is 19.4 Å². The van der Waals surface area contributed by atoms with Crippen molar-refractivity contribution in [3.63, 3.8) is 0 Å². The van der Waals surface area contributed by atoms with Crippen LogP contribution in [-0.2, 0) is 6.18 Å². The number of halogens is 3. The number of amidine groups is 1. The van der Waals surface area contributed by atoms with Gasteiger partial charge in [0.1, 0.15) is 0 Å². The molecule has 19 heavy (non-hydrogen) atoms. The summed E-state index contributed by atoms with van der Waals surface area (Å²) in [5, 5.41) is 4.04. The maximum absolute atomic E-state index is 12.6. The number of anilines is 1. The van der Waals surface area contributed by atoms with E-state index in [0.29, 0.717) is 28.6 Å². The minimum absolute atomic E-state index is 0.397. The van der Waals surface area contributed by atoms with Gasteiger partial charge in [0.25, 0.3) is 0 Å². The van der Waals surface area contributed by atoms with E-state index in [9.17, 15) is 13.2 Å². The molecule has 104 valence electrons. The van der Waals surface area contributed by atoms with Crippen LogP contribution < -0.4 is 5.32 Å². The summed E-state index contributed by atoms with van der Waals surface area (Å²) in [5.41, 5.74) is -0.230. The lowest BCUT2D eigenvalue weighted by Crippen LogP contribution is -2.13. The Morgan fingerprint density at radius 3 is 2.68 bits per heavy atom. The van der Waals surface area contributed by atoms with Crippen LogP contribution in [0, 0.1) is 5.92 Å². The van der Waals surface area contributed by atoms with Gasteiger partial charge in [-0.25, -0.2) is 0 Å². The number of aliphatic imine (C=N–C) groups is 1. The fourth-order valence-electron chi connectivity index (χ4n) is 1.70. The molecule has 0 radical (unpaired) electrons. The van der Waals surface area contributed by atoms with Crippen molar-refractivity contribution in [1.82, 2.24) is 0 Å². The summed E-state index contributed by atoms with van der Waals surface area (Å²) in [7, 11) is 0. The Morgan fingerprint density at radius 2 is 2.11 bits per heavy atom. The molecule has 6 heteroatoms. The summed E-state index contributed by atoms with van der Waals surface area (Å²) in [6.45, 7) is 4.93. The maximum atomic E-state index is 12.6. The van der Waals surface area contributed by atoms with Crippen molar-refractivity contribution in [2.24, 2.45) is 10.9 Å². The average Bonchev–Trinajstić information content (AvgIpc) is 2.77. The number of alkyl halides is 3. The molecule has 2 nitrogen and oxygen atoms in total. The summed E-state index contributed by atoms with van der Waals surface area (Å²) >= 11 is 1.58. The van der Waals surface area contributed by atoms with Crippen molar-refractivity contribution in [3.05, 3.63) is 29.8 Å². The summed E-state index contributed by atoms with van der Waals surface area (Å²) < 4.78 is 37.8. The van der Waals surface area contributed by atoms with E-state index < -0.39 is 11.7 Å². The number of nitrogens with one attached hydrogen (secondary N) is 1. The summed E-state index contributed by atoms with van der Waals surface area (Å²) in [4.78, 5) is 4.31. The van der Waals surface area contributed by atoms with Gasteiger partial charge < -0.3 is 5.32 Å². The normalized spacial score (nSPS) is 19.7. The van der Waals surface area contributed by atoms with Gasteiger partial charge in [-0.05, 0) is 24.1 Å². The predicted octanol–water partition coefficient (Wildman–Crippen LogP) is 4.24. The first-order chi connectivity index (χ1) is 8.86. The molecule has 0 fully saturated rings. The molecule has 1 atom stereocenters. The molecule has 1 heterocycles. The monoisotopic (exact) mass is 288 g/mol. The van der Waals surface area contributed by atoms with Crippen LogP contribution in [0.3, 0.4) is 0 Å². The van der Waals surface area contributed by atoms with E-state index in [1.54, 1.807) is 17.8 Å². The largest absolute Gasteiger partial charge is 0.416 e. The van der Waals surface area contributed by atoms with Gasteiger partial charge >= 0.3 is 6.18 Å². The third-order valence-corrected chi connectivity index (χ3v) is 4.31. The molecule has 0 saturated heterocycles. The minimum Gasteiger partial charge on any atom is -0.335 e. The summed E-state index contributed by atoms with van der Waals surface area (Å²) in [5.74, 6) is 0.495. The molecule has 1 aliphatic rings. The lowest BCUT2D eigenvalue weighted by Gasteiger charge is -2.13. The van der Waals surface area contributed by atoms with E-state index in [4.69, 9.17) is 0 Å². The van der Waals surface area contributed by atoms with Crippen LogP contribution in [0.4, 0.5) is 18.9 Å². The first kappa shape index (κ1) is 14.2. The Balaban J connectivity index is 2.05. The molecule has 0 spiro atoms. The number of nitrogens with zero attached hydrogens (tertiary/aromatic N) is 1. The topological polar surface area (TPSA) is 24.4 Å². The fourth-order valence-corrected chi connectivity index (χ4v) is 2.74. The highest BCUT2D eigenvalue weighted by Crippen LogP contribution is 2.32. The second-order valence-electron chi connectivity index (χ2n) is 4.75. The lowest BCUT2D eigenvalue weighted by atomic mass is 10.1. The molecule has 1 aliphatic heterocycles. The fraction of sp³-hybridized carbons (Fsp3) is 0.462. The van der Waals surface area contributed by atoms with E-state index in [2.05, 4.69) is 24.2 Å². The molecule has 1 aromatic carbocycles. The summed E-state index contributed by atoms with van der Waals surface area (Å²) in [6, 6.07) is 5.17. The zero-order valence-electron chi connectivity index (χ0n) is 10.7. The molecule has 0 saturated carbocycles. The molecular formula is C13H15F3N2S. The molecule has 1 aromatic rings. The van der Waals surface area contributed by atoms with Crippen molar-refractivity contribution in [2.75, 3.05) is 11.9 Å². The van der Waals surface area contributed by atoms with Gasteiger partial charge in [-0.3, -0.25) is 4.99 Å². The Bertz CT molecular complexity index is 483. The van der Waals surface area contributed by atoms with Crippen molar-refractivity contribution in [2.45, 2.75) is 25.3 Å². The highest BCUT2D eigenvalue weighted by Gasteiger charge is 2.30. The smallest absolute Gasteiger partial charge is 0.335 e. The van der Waals surface area contributed by atoms with Crippen LogP contribution in [0.2, 0.25) is 0 Å². The number of hydrogen-bond acceptors (Lipinski definition) is 3. The molecule has 0 amide bonds. The number of thioether (sulfide) groups is 1. The van der Waals surface area contributed by atoms with E-state index in [1.165, 1.54) is 6.07 Å². The number of rotatable bonds is 2. The zero-order chi connectivity index (χ0) is 14.0. The van der Waals surface area contributed by atoms with Crippen molar-refractivity contribution >= 4 is 22.6 Å². The maximum Gasteiger partial charge on any atom is 0.416 e. The molecule has 1 unspecified atom stereocenters. The molecule has 1 N–H and O–H groups in total. The molecule has 0 bridgehead atoms. The minimum atomic E-state index is -4.32. The SMILES string of the molecule is CC(C)C1CN=C(Nc2cccc(C(F)(F)F)c2)S1. The second-order valence-corrected chi connectivity index (χ2v) is 5.98. The van der Waals surface area contributed by atoms with Gasteiger partial charge in [0, 0.05) is 10.9 Å². The Morgan fingerprint density at radius 1 is 1.37 bits per heavy atom. The van der Waals surface area contributed by atoms with Crippen molar-refractivity contribution in [1.29, 1.82) is 0 Å². The quantitative estimate of drug-likeness (QED) is 0.880. The molecule has 2 rings (SSSR count). The van der Waals surface area contributed by atoms with Crippen LogP contribution in [0.15, 0.2) is 29.3 Å². The highest BCUT2D eigenvalue weighted by atomic mass is 32.2. The number of hydrogen-bond donors (Lipinski definition) is 1. The van der Waals surface area contributed by atoms with Gasteiger partial charge in [0.15, 0.2) is 5.17 Å². The van der Waals surface area contributed by atoms with E-state index in [-0.39, 0.29) is 0 Å². The standard InChI is InChI=1S/C13H15F3N2S/c1-8(2)11-7-17-12(19-11)18-10-5-3-4-9(6-10)13(14,15)16/h3-6,8,11H,7H2,1-2H3,(H,17,18). The third-order valence-electron chi connectivity index (χ3n) is 2.86.